The molecule has 82 valence electrons. The zero-order chi connectivity index (χ0) is 11.0. The zero-order valence-corrected chi connectivity index (χ0v) is 11.0. The molecule has 0 unspecified atom stereocenters. The first kappa shape index (κ1) is 10.9. The van der Waals surface area contributed by atoms with Crippen LogP contribution in [-0.4, -0.2) is 43.1 Å². The van der Waals surface area contributed by atoms with Crippen LogP contribution in [0.15, 0.2) is 16.6 Å². The van der Waals surface area contributed by atoms with Crippen LogP contribution in [0.3, 0.4) is 0 Å². The second-order valence-corrected chi connectivity index (χ2v) is 5.11. The monoisotopic (exact) mass is 269 g/mol. The van der Waals surface area contributed by atoms with Crippen molar-refractivity contribution >= 4 is 21.7 Å². The lowest BCUT2D eigenvalue weighted by Gasteiger charge is -2.43. The van der Waals surface area contributed by atoms with Gasteiger partial charge in [0.15, 0.2) is 0 Å². The van der Waals surface area contributed by atoms with Crippen molar-refractivity contribution in [3.63, 3.8) is 0 Å². The fraction of sp³-hybridized carbons (Fsp3) is 0.545. The van der Waals surface area contributed by atoms with Crippen molar-refractivity contribution in [2.75, 3.05) is 32.1 Å². The van der Waals surface area contributed by atoms with E-state index in [-0.39, 0.29) is 0 Å². The predicted octanol–water partition coefficient (Wildman–Crippen LogP) is 1.90. The lowest BCUT2D eigenvalue weighted by molar-refractivity contribution is 0.246. The second-order valence-electron chi connectivity index (χ2n) is 4.26. The van der Waals surface area contributed by atoms with Gasteiger partial charge in [-0.3, -0.25) is 0 Å². The highest BCUT2D eigenvalue weighted by molar-refractivity contribution is 9.10. The van der Waals surface area contributed by atoms with Crippen LogP contribution in [0.25, 0.3) is 0 Å². The second kappa shape index (κ2) is 4.10. The Kier molecular flexibility index (Phi) is 2.98. The van der Waals surface area contributed by atoms with E-state index in [0.29, 0.717) is 6.04 Å². The number of hydrogen-bond donors (Lipinski definition) is 0. The van der Waals surface area contributed by atoms with Gasteiger partial charge in [-0.2, -0.15) is 0 Å². The molecule has 0 aliphatic carbocycles. The number of rotatable bonds is 2. The maximum absolute atomic E-state index is 4.55. The van der Waals surface area contributed by atoms with Crippen LogP contribution in [0.1, 0.15) is 5.69 Å². The third-order valence-corrected chi connectivity index (χ3v) is 3.76. The summed E-state index contributed by atoms with van der Waals surface area (Å²) in [4.78, 5) is 9.12. The van der Waals surface area contributed by atoms with E-state index < -0.39 is 0 Å². The number of aromatic nitrogens is 1. The maximum Gasteiger partial charge on any atom is 0.128 e. The molecule has 3 nitrogen and oxygen atoms in total. The van der Waals surface area contributed by atoms with Gasteiger partial charge in [0.05, 0.1) is 5.69 Å². The molecule has 1 aliphatic rings. The molecular formula is C11H16BrN3. The summed E-state index contributed by atoms with van der Waals surface area (Å²) in [6.45, 7) is 4.19. The van der Waals surface area contributed by atoms with Gasteiger partial charge < -0.3 is 9.80 Å². The summed E-state index contributed by atoms with van der Waals surface area (Å²) in [5.74, 6) is 1.09. The topological polar surface area (TPSA) is 19.4 Å². The van der Waals surface area contributed by atoms with Crippen LogP contribution in [-0.2, 0) is 0 Å². The molecule has 0 radical (unpaired) electrons. The van der Waals surface area contributed by atoms with Crippen molar-refractivity contribution in [1.82, 2.24) is 9.88 Å². The molecule has 0 bridgehead atoms. The van der Waals surface area contributed by atoms with E-state index in [2.05, 4.69) is 56.9 Å². The minimum atomic E-state index is 0.677. The number of anilines is 1. The van der Waals surface area contributed by atoms with Crippen LogP contribution in [0, 0.1) is 6.92 Å². The highest BCUT2D eigenvalue weighted by atomic mass is 79.9. The van der Waals surface area contributed by atoms with Crippen LogP contribution in [0.2, 0.25) is 0 Å². The Bertz CT molecular complexity index is 359. The smallest absolute Gasteiger partial charge is 0.128 e. The minimum Gasteiger partial charge on any atom is -0.353 e. The van der Waals surface area contributed by atoms with E-state index >= 15 is 0 Å². The summed E-state index contributed by atoms with van der Waals surface area (Å²) in [6.07, 6.45) is 0. The van der Waals surface area contributed by atoms with Crippen molar-refractivity contribution in [3.05, 3.63) is 22.3 Å². The standard InChI is InChI=1S/C11H16BrN3/c1-8-10(12)4-5-11(13-8)15-6-9(7-15)14(2)3/h4-5,9H,6-7H2,1-3H3. The Morgan fingerprint density at radius 2 is 2.07 bits per heavy atom. The summed E-state index contributed by atoms with van der Waals surface area (Å²) >= 11 is 3.46. The van der Waals surface area contributed by atoms with Gasteiger partial charge in [0.2, 0.25) is 0 Å². The van der Waals surface area contributed by atoms with Crippen LogP contribution >= 0.6 is 15.9 Å². The Balaban J connectivity index is 2.04. The van der Waals surface area contributed by atoms with Gasteiger partial charge in [-0.05, 0) is 49.1 Å². The Labute approximate surface area is 99.2 Å². The quantitative estimate of drug-likeness (QED) is 0.818. The van der Waals surface area contributed by atoms with E-state index in [0.717, 1.165) is 29.1 Å². The summed E-state index contributed by atoms with van der Waals surface area (Å²) in [5.41, 5.74) is 1.06. The average Bonchev–Trinajstić information content (AvgIpc) is 2.08. The lowest BCUT2D eigenvalue weighted by atomic mass is 10.1. The van der Waals surface area contributed by atoms with Gasteiger partial charge in [0, 0.05) is 23.6 Å². The largest absolute Gasteiger partial charge is 0.353 e. The highest BCUT2D eigenvalue weighted by Gasteiger charge is 2.29. The first-order valence-corrected chi connectivity index (χ1v) is 5.92. The molecule has 0 atom stereocenters. The number of halogens is 1. The Morgan fingerprint density at radius 3 is 2.60 bits per heavy atom. The molecule has 1 fully saturated rings. The van der Waals surface area contributed by atoms with Crippen molar-refractivity contribution in [1.29, 1.82) is 0 Å². The number of aryl methyl sites for hydroxylation is 1. The molecule has 0 N–H and O–H groups in total. The molecule has 0 spiro atoms. The normalized spacial score (nSPS) is 17.0. The molecule has 0 saturated carbocycles. The van der Waals surface area contributed by atoms with Crippen molar-refractivity contribution in [2.24, 2.45) is 0 Å². The van der Waals surface area contributed by atoms with Crippen LogP contribution in [0.4, 0.5) is 5.82 Å². The van der Waals surface area contributed by atoms with Crippen LogP contribution < -0.4 is 4.90 Å². The molecule has 0 aromatic carbocycles. The molecule has 1 aromatic rings. The SMILES string of the molecule is Cc1nc(N2CC(N(C)C)C2)ccc1Br. The van der Waals surface area contributed by atoms with Crippen molar-refractivity contribution in [2.45, 2.75) is 13.0 Å². The van der Waals surface area contributed by atoms with Gasteiger partial charge in [-0.25, -0.2) is 4.98 Å². The first-order valence-electron chi connectivity index (χ1n) is 5.12. The molecule has 1 aromatic heterocycles. The molecule has 1 aliphatic heterocycles. The highest BCUT2D eigenvalue weighted by Crippen LogP contribution is 2.23. The molecule has 1 saturated heterocycles. The van der Waals surface area contributed by atoms with E-state index in [1.807, 2.05) is 6.92 Å². The number of pyridine rings is 1. The minimum absolute atomic E-state index is 0.677. The van der Waals surface area contributed by atoms with Gasteiger partial charge in [0.1, 0.15) is 5.82 Å². The third-order valence-electron chi connectivity index (χ3n) is 2.92. The molecule has 2 heterocycles. The van der Waals surface area contributed by atoms with Crippen molar-refractivity contribution in [3.8, 4) is 0 Å². The van der Waals surface area contributed by atoms with Crippen LogP contribution in [0.5, 0.6) is 0 Å². The summed E-state index contributed by atoms with van der Waals surface area (Å²) in [7, 11) is 4.25. The van der Waals surface area contributed by atoms with Gasteiger partial charge in [0.25, 0.3) is 0 Å². The van der Waals surface area contributed by atoms with E-state index in [1.54, 1.807) is 0 Å². The number of nitrogens with zero attached hydrogens (tertiary/aromatic N) is 3. The van der Waals surface area contributed by atoms with E-state index in [9.17, 15) is 0 Å². The third kappa shape index (κ3) is 2.16. The fourth-order valence-electron chi connectivity index (χ4n) is 1.68. The molecule has 4 heteroatoms. The molecule has 0 amide bonds. The predicted molar refractivity (Wildman–Crippen MR) is 66.4 cm³/mol. The Hall–Kier alpha value is -0.610. The van der Waals surface area contributed by atoms with E-state index in [1.165, 1.54) is 0 Å². The van der Waals surface area contributed by atoms with Gasteiger partial charge >= 0.3 is 0 Å². The average molecular weight is 270 g/mol. The Morgan fingerprint density at radius 1 is 1.40 bits per heavy atom. The lowest BCUT2D eigenvalue weighted by Crippen LogP contribution is -2.57. The fourth-order valence-corrected chi connectivity index (χ4v) is 1.90. The maximum atomic E-state index is 4.55. The zero-order valence-electron chi connectivity index (χ0n) is 9.37. The summed E-state index contributed by atoms with van der Waals surface area (Å²) in [6, 6.07) is 4.82. The molecule has 15 heavy (non-hydrogen) atoms. The summed E-state index contributed by atoms with van der Waals surface area (Å²) in [5, 5.41) is 0. The molecular weight excluding hydrogens is 254 g/mol. The van der Waals surface area contributed by atoms with E-state index in [4.69, 9.17) is 0 Å². The van der Waals surface area contributed by atoms with Crippen molar-refractivity contribution < 1.29 is 0 Å². The molecule has 2 rings (SSSR count). The summed E-state index contributed by atoms with van der Waals surface area (Å²) < 4.78 is 1.08. The van der Waals surface area contributed by atoms with Gasteiger partial charge in [-0.15, -0.1) is 0 Å². The van der Waals surface area contributed by atoms with Gasteiger partial charge in [-0.1, -0.05) is 0 Å². The first-order chi connectivity index (χ1) is 7.08. The number of likely N-dealkylation sites (N-methyl/N-ethyl adjacent to an activating group) is 1. The number of hydrogen-bond acceptors (Lipinski definition) is 3.